The average molecular weight is 332 g/mol. The number of rotatable bonds is 3. The van der Waals surface area contributed by atoms with Crippen molar-refractivity contribution in [1.29, 1.82) is 0 Å². The third kappa shape index (κ3) is 2.45. The maximum atomic E-state index is 12.8. The number of nitrogens with zero attached hydrogens (tertiary/aromatic N) is 1. The van der Waals surface area contributed by atoms with Crippen LogP contribution in [0.2, 0.25) is 0 Å². The number of aryl methyl sites for hydroxylation is 1. The van der Waals surface area contributed by atoms with Crippen molar-refractivity contribution >= 4 is 5.91 Å². The van der Waals surface area contributed by atoms with Gasteiger partial charge in [-0.05, 0) is 45.1 Å². The second-order valence-corrected chi connectivity index (χ2v) is 7.05. The SMILES string of the molecule is Cc1cc2c(cc1C(=O)N[C@H]1[C@H]3CCO[C@H]3[C@@H]1N(C)C)OCCO2. The molecule has 1 saturated heterocycles. The first-order chi connectivity index (χ1) is 11.6. The van der Waals surface area contributed by atoms with E-state index in [9.17, 15) is 4.79 Å². The van der Waals surface area contributed by atoms with Gasteiger partial charge in [0.1, 0.15) is 13.2 Å². The predicted octanol–water partition coefficient (Wildman–Crippen LogP) is 1.21. The first-order valence-corrected chi connectivity index (χ1v) is 8.55. The second-order valence-electron chi connectivity index (χ2n) is 7.05. The summed E-state index contributed by atoms with van der Waals surface area (Å²) in [6.07, 6.45) is 1.26. The Balaban J connectivity index is 1.54. The first kappa shape index (κ1) is 15.7. The number of hydrogen-bond donors (Lipinski definition) is 1. The number of fused-ring (bicyclic) bond motifs is 2. The molecule has 0 unspecified atom stereocenters. The topological polar surface area (TPSA) is 60.0 Å². The van der Waals surface area contributed by atoms with E-state index in [4.69, 9.17) is 14.2 Å². The summed E-state index contributed by atoms with van der Waals surface area (Å²) >= 11 is 0. The molecule has 1 aliphatic carbocycles. The molecule has 2 heterocycles. The number of benzene rings is 1. The van der Waals surface area contributed by atoms with Crippen molar-refractivity contribution < 1.29 is 19.0 Å². The maximum Gasteiger partial charge on any atom is 0.251 e. The van der Waals surface area contributed by atoms with E-state index in [0.717, 1.165) is 24.3 Å². The molecule has 0 bridgehead atoms. The molecule has 0 aromatic heterocycles. The van der Waals surface area contributed by atoms with Gasteiger partial charge >= 0.3 is 0 Å². The van der Waals surface area contributed by atoms with Crippen LogP contribution in [0.4, 0.5) is 0 Å². The highest BCUT2D eigenvalue weighted by Gasteiger charge is 2.55. The summed E-state index contributed by atoms with van der Waals surface area (Å²) in [5.74, 6) is 1.73. The number of carbonyl (C=O) groups excluding carboxylic acids is 1. The molecule has 2 aliphatic heterocycles. The number of carbonyl (C=O) groups is 1. The molecule has 1 amide bonds. The molecule has 6 nitrogen and oxygen atoms in total. The minimum atomic E-state index is -0.0494. The molecule has 130 valence electrons. The van der Waals surface area contributed by atoms with Crippen LogP contribution in [0.15, 0.2) is 12.1 Å². The van der Waals surface area contributed by atoms with Crippen LogP contribution >= 0.6 is 0 Å². The molecule has 1 N–H and O–H groups in total. The van der Waals surface area contributed by atoms with Crippen molar-refractivity contribution in [3.05, 3.63) is 23.3 Å². The van der Waals surface area contributed by atoms with Gasteiger partial charge < -0.3 is 24.4 Å². The van der Waals surface area contributed by atoms with Crippen molar-refractivity contribution in [3.8, 4) is 11.5 Å². The third-order valence-corrected chi connectivity index (χ3v) is 5.38. The fraction of sp³-hybridized carbons (Fsp3) is 0.611. The second kappa shape index (κ2) is 5.93. The Hall–Kier alpha value is -1.79. The first-order valence-electron chi connectivity index (χ1n) is 8.55. The number of nitrogens with one attached hydrogen (secondary N) is 1. The Morgan fingerprint density at radius 2 is 1.88 bits per heavy atom. The van der Waals surface area contributed by atoms with Crippen LogP contribution in [-0.4, -0.2) is 62.9 Å². The molecule has 0 radical (unpaired) electrons. The third-order valence-electron chi connectivity index (χ3n) is 5.38. The molecule has 1 aromatic rings. The van der Waals surface area contributed by atoms with Crippen LogP contribution in [0.25, 0.3) is 0 Å². The summed E-state index contributed by atoms with van der Waals surface area (Å²) in [4.78, 5) is 15.0. The molecular formula is C18H24N2O4. The van der Waals surface area contributed by atoms with Crippen molar-refractivity contribution in [1.82, 2.24) is 10.2 Å². The van der Waals surface area contributed by atoms with Crippen molar-refractivity contribution in [2.24, 2.45) is 5.92 Å². The lowest BCUT2D eigenvalue weighted by atomic mass is 9.71. The van der Waals surface area contributed by atoms with Crippen LogP contribution < -0.4 is 14.8 Å². The van der Waals surface area contributed by atoms with Crippen LogP contribution in [0, 0.1) is 12.8 Å². The Labute approximate surface area is 142 Å². The molecular weight excluding hydrogens is 308 g/mol. The highest BCUT2D eigenvalue weighted by molar-refractivity contribution is 5.96. The molecule has 0 spiro atoms. The largest absolute Gasteiger partial charge is 0.486 e. The van der Waals surface area contributed by atoms with Gasteiger partial charge in [-0.3, -0.25) is 4.79 Å². The summed E-state index contributed by atoms with van der Waals surface area (Å²) < 4.78 is 17.0. The van der Waals surface area contributed by atoms with E-state index in [-0.39, 0.29) is 24.1 Å². The molecule has 4 rings (SSSR count). The van der Waals surface area contributed by atoms with Gasteiger partial charge in [-0.15, -0.1) is 0 Å². The van der Waals surface area contributed by atoms with Crippen LogP contribution in [0.3, 0.4) is 0 Å². The van der Waals surface area contributed by atoms with Gasteiger partial charge in [0.25, 0.3) is 5.91 Å². The van der Waals surface area contributed by atoms with Gasteiger partial charge in [0.15, 0.2) is 11.5 Å². The molecule has 3 aliphatic rings. The van der Waals surface area contributed by atoms with Gasteiger partial charge in [0.05, 0.1) is 18.2 Å². The Morgan fingerprint density at radius 3 is 2.58 bits per heavy atom. The van der Waals surface area contributed by atoms with E-state index >= 15 is 0 Å². The van der Waals surface area contributed by atoms with E-state index < -0.39 is 0 Å². The lowest BCUT2D eigenvalue weighted by Crippen LogP contribution is -2.69. The van der Waals surface area contributed by atoms with Gasteiger partial charge in [-0.1, -0.05) is 0 Å². The van der Waals surface area contributed by atoms with Gasteiger partial charge in [0.2, 0.25) is 0 Å². The number of likely N-dealkylation sites (N-methyl/N-ethyl adjacent to an activating group) is 1. The fourth-order valence-electron chi connectivity index (χ4n) is 4.15. The zero-order valence-corrected chi connectivity index (χ0v) is 14.4. The molecule has 4 atom stereocenters. The van der Waals surface area contributed by atoms with Crippen LogP contribution in [0.1, 0.15) is 22.3 Å². The van der Waals surface area contributed by atoms with Gasteiger partial charge in [0, 0.05) is 18.1 Å². The number of hydrogen-bond acceptors (Lipinski definition) is 5. The standard InChI is InChI=1S/C18H24N2O4/c1-10-8-13-14(23-7-6-22-13)9-12(10)18(21)19-15-11-4-5-24-17(11)16(15)20(2)3/h8-9,11,15-17H,4-7H2,1-3H3,(H,19,21)/t11-,15+,16-,17-/m1/s1. The normalized spacial score (nSPS) is 30.7. The van der Waals surface area contributed by atoms with Gasteiger partial charge in [-0.25, -0.2) is 0 Å². The van der Waals surface area contributed by atoms with E-state index in [1.165, 1.54) is 0 Å². The van der Waals surface area contributed by atoms with Crippen molar-refractivity contribution in [3.63, 3.8) is 0 Å². The summed E-state index contributed by atoms with van der Waals surface area (Å²) in [7, 11) is 4.08. The van der Waals surface area contributed by atoms with E-state index in [0.29, 0.717) is 30.4 Å². The van der Waals surface area contributed by atoms with Crippen LogP contribution in [0.5, 0.6) is 11.5 Å². The Kier molecular flexibility index (Phi) is 3.89. The molecule has 1 aromatic carbocycles. The van der Waals surface area contributed by atoms with E-state index in [2.05, 4.69) is 10.2 Å². The quantitative estimate of drug-likeness (QED) is 0.902. The number of ether oxygens (including phenoxy) is 3. The zero-order chi connectivity index (χ0) is 16.8. The highest BCUT2D eigenvalue weighted by atomic mass is 16.6. The molecule has 24 heavy (non-hydrogen) atoms. The monoisotopic (exact) mass is 332 g/mol. The minimum absolute atomic E-state index is 0.0494. The van der Waals surface area contributed by atoms with Gasteiger partial charge in [-0.2, -0.15) is 0 Å². The molecule has 2 fully saturated rings. The van der Waals surface area contributed by atoms with Crippen molar-refractivity contribution in [2.75, 3.05) is 33.9 Å². The summed E-state index contributed by atoms with van der Waals surface area (Å²) in [6.45, 7) is 3.78. The smallest absolute Gasteiger partial charge is 0.251 e. The highest BCUT2D eigenvalue weighted by Crippen LogP contribution is 2.41. The maximum absolute atomic E-state index is 12.8. The Morgan fingerprint density at radius 1 is 1.17 bits per heavy atom. The Bertz CT molecular complexity index is 661. The molecule has 1 saturated carbocycles. The summed E-state index contributed by atoms with van der Waals surface area (Å²) in [5, 5.41) is 3.23. The van der Waals surface area contributed by atoms with E-state index in [1.807, 2.05) is 27.1 Å². The lowest BCUT2D eigenvalue weighted by Gasteiger charge is -2.50. The lowest BCUT2D eigenvalue weighted by molar-refractivity contribution is -0.0664. The van der Waals surface area contributed by atoms with Crippen molar-refractivity contribution in [2.45, 2.75) is 31.5 Å². The minimum Gasteiger partial charge on any atom is -0.486 e. The fourth-order valence-corrected chi connectivity index (χ4v) is 4.15. The average Bonchev–Trinajstić information content (AvgIpc) is 2.94. The van der Waals surface area contributed by atoms with Crippen LogP contribution in [-0.2, 0) is 4.74 Å². The van der Waals surface area contributed by atoms with E-state index in [1.54, 1.807) is 6.07 Å². The zero-order valence-electron chi connectivity index (χ0n) is 14.4. The predicted molar refractivity (Wildman–Crippen MR) is 88.7 cm³/mol. The summed E-state index contributed by atoms with van der Waals surface area (Å²) in [6, 6.07) is 4.05. The summed E-state index contributed by atoms with van der Waals surface area (Å²) in [5.41, 5.74) is 1.55. The molecule has 6 heteroatoms. The number of amides is 1.